The lowest BCUT2D eigenvalue weighted by atomic mass is 10.1. The number of nitrogens with two attached hydrogens (primary N) is 1. The van der Waals surface area contributed by atoms with Crippen LogP contribution in [0.4, 0.5) is 0 Å². The second kappa shape index (κ2) is 7.31. The molecule has 0 saturated carbocycles. The molecule has 0 heterocycles. The Morgan fingerprint density at radius 2 is 1.95 bits per heavy atom. The molecule has 3 nitrogen and oxygen atoms in total. The van der Waals surface area contributed by atoms with Crippen molar-refractivity contribution in [3.05, 3.63) is 58.1 Å². The van der Waals surface area contributed by atoms with Crippen molar-refractivity contribution in [2.24, 2.45) is 5.73 Å². The summed E-state index contributed by atoms with van der Waals surface area (Å²) in [6.07, 6.45) is 0.769. The maximum atomic E-state index is 5.95. The molecule has 0 saturated heterocycles. The van der Waals surface area contributed by atoms with Crippen LogP contribution in [0.25, 0.3) is 0 Å². The Kier molecular flexibility index (Phi) is 5.44. The van der Waals surface area contributed by atoms with E-state index in [1.54, 1.807) is 7.11 Å². The molecule has 106 valence electrons. The second-order valence-electron chi connectivity index (χ2n) is 4.41. The van der Waals surface area contributed by atoms with Gasteiger partial charge in [0.15, 0.2) is 11.5 Å². The zero-order valence-electron chi connectivity index (χ0n) is 11.4. The average Bonchev–Trinajstić information content (AvgIpc) is 2.46. The fraction of sp³-hybridized carbons (Fsp3) is 0.250. The van der Waals surface area contributed by atoms with E-state index < -0.39 is 0 Å². The molecule has 0 amide bonds. The number of hydrogen-bond donors (Lipinski definition) is 1. The number of rotatable bonds is 6. The van der Waals surface area contributed by atoms with Crippen molar-refractivity contribution in [2.45, 2.75) is 13.0 Å². The van der Waals surface area contributed by atoms with Gasteiger partial charge in [-0.1, -0.05) is 40.2 Å². The second-order valence-corrected chi connectivity index (χ2v) is 5.32. The SMILES string of the molecule is COc1cccc(CCN)c1OCc1cccc(Br)c1. The molecule has 2 aromatic rings. The normalized spacial score (nSPS) is 10.3. The van der Waals surface area contributed by atoms with Crippen LogP contribution < -0.4 is 15.2 Å². The van der Waals surface area contributed by atoms with Crippen molar-refractivity contribution in [1.29, 1.82) is 0 Å². The summed E-state index contributed by atoms with van der Waals surface area (Å²) in [4.78, 5) is 0. The lowest BCUT2D eigenvalue weighted by molar-refractivity contribution is 0.281. The van der Waals surface area contributed by atoms with Crippen LogP contribution in [0.2, 0.25) is 0 Å². The molecule has 0 aliphatic rings. The lowest BCUT2D eigenvalue weighted by Gasteiger charge is -2.15. The summed E-state index contributed by atoms with van der Waals surface area (Å²) in [5.74, 6) is 1.52. The van der Waals surface area contributed by atoms with E-state index in [9.17, 15) is 0 Å². The van der Waals surface area contributed by atoms with E-state index in [2.05, 4.69) is 15.9 Å². The van der Waals surface area contributed by atoms with Gasteiger partial charge in [-0.05, 0) is 42.3 Å². The van der Waals surface area contributed by atoms with Gasteiger partial charge in [-0.3, -0.25) is 0 Å². The molecule has 2 rings (SSSR count). The molecule has 20 heavy (non-hydrogen) atoms. The molecule has 0 aliphatic carbocycles. The zero-order chi connectivity index (χ0) is 14.4. The summed E-state index contributed by atoms with van der Waals surface area (Å²) >= 11 is 3.46. The van der Waals surface area contributed by atoms with E-state index in [1.807, 2.05) is 42.5 Å². The third-order valence-corrected chi connectivity index (χ3v) is 3.46. The molecule has 0 bridgehead atoms. The Morgan fingerprint density at radius 3 is 2.65 bits per heavy atom. The topological polar surface area (TPSA) is 44.5 Å². The highest BCUT2D eigenvalue weighted by molar-refractivity contribution is 9.10. The van der Waals surface area contributed by atoms with Crippen LogP contribution >= 0.6 is 15.9 Å². The van der Waals surface area contributed by atoms with E-state index in [1.165, 1.54) is 0 Å². The van der Waals surface area contributed by atoms with Gasteiger partial charge in [0.1, 0.15) is 6.61 Å². The van der Waals surface area contributed by atoms with Gasteiger partial charge in [0.2, 0.25) is 0 Å². The number of hydrogen-bond acceptors (Lipinski definition) is 3. The van der Waals surface area contributed by atoms with E-state index in [0.717, 1.165) is 33.5 Å². The highest BCUT2D eigenvalue weighted by atomic mass is 79.9. The van der Waals surface area contributed by atoms with E-state index in [-0.39, 0.29) is 0 Å². The van der Waals surface area contributed by atoms with Crippen molar-refractivity contribution < 1.29 is 9.47 Å². The predicted molar refractivity (Wildman–Crippen MR) is 84.2 cm³/mol. The third kappa shape index (κ3) is 3.74. The first-order valence-corrected chi connectivity index (χ1v) is 7.27. The van der Waals surface area contributed by atoms with Crippen molar-refractivity contribution in [3.8, 4) is 11.5 Å². The molecule has 0 radical (unpaired) electrons. The first kappa shape index (κ1) is 14.9. The van der Waals surface area contributed by atoms with Crippen LogP contribution in [0.1, 0.15) is 11.1 Å². The largest absolute Gasteiger partial charge is 0.493 e. The van der Waals surface area contributed by atoms with Crippen LogP contribution in [-0.2, 0) is 13.0 Å². The first-order valence-electron chi connectivity index (χ1n) is 6.47. The van der Waals surface area contributed by atoms with Crippen LogP contribution in [0, 0.1) is 0 Å². The molecule has 0 spiro atoms. The highest BCUT2D eigenvalue weighted by Gasteiger charge is 2.10. The minimum Gasteiger partial charge on any atom is -0.493 e. The Hall–Kier alpha value is -1.52. The van der Waals surface area contributed by atoms with Crippen LogP contribution in [0.5, 0.6) is 11.5 Å². The molecule has 2 aromatic carbocycles. The highest BCUT2D eigenvalue weighted by Crippen LogP contribution is 2.32. The number of methoxy groups -OCH3 is 1. The maximum absolute atomic E-state index is 5.95. The van der Waals surface area contributed by atoms with Gasteiger partial charge in [0.05, 0.1) is 7.11 Å². The predicted octanol–water partition coefficient (Wildman–Crippen LogP) is 3.54. The minimum absolute atomic E-state index is 0.497. The third-order valence-electron chi connectivity index (χ3n) is 2.97. The zero-order valence-corrected chi connectivity index (χ0v) is 13.0. The fourth-order valence-corrected chi connectivity index (χ4v) is 2.47. The van der Waals surface area contributed by atoms with Gasteiger partial charge < -0.3 is 15.2 Å². The van der Waals surface area contributed by atoms with Gasteiger partial charge in [-0.15, -0.1) is 0 Å². The monoisotopic (exact) mass is 335 g/mol. The maximum Gasteiger partial charge on any atom is 0.164 e. The molecular weight excluding hydrogens is 318 g/mol. The Bertz CT molecular complexity index is 572. The fourth-order valence-electron chi connectivity index (χ4n) is 2.02. The molecule has 2 N–H and O–H groups in total. The summed E-state index contributed by atoms with van der Waals surface area (Å²) in [7, 11) is 1.65. The number of para-hydroxylation sites is 1. The van der Waals surface area contributed by atoms with Crippen LogP contribution in [0.15, 0.2) is 46.9 Å². The van der Waals surface area contributed by atoms with Crippen molar-refractivity contribution in [2.75, 3.05) is 13.7 Å². The van der Waals surface area contributed by atoms with Crippen LogP contribution in [-0.4, -0.2) is 13.7 Å². The molecule has 4 heteroatoms. The minimum atomic E-state index is 0.497. The summed E-state index contributed by atoms with van der Waals surface area (Å²) in [6, 6.07) is 13.9. The summed E-state index contributed by atoms with van der Waals surface area (Å²) in [6.45, 7) is 1.08. The van der Waals surface area contributed by atoms with Gasteiger partial charge in [0, 0.05) is 4.47 Å². The quantitative estimate of drug-likeness (QED) is 0.878. The van der Waals surface area contributed by atoms with Crippen LogP contribution in [0.3, 0.4) is 0 Å². The number of ether oxygens (including phenoxy) is 2. The molecule has 0 fully saturated rings. The molecular formula is C16H18BrNO2. The van der Waals surface area contributed by atoms with Gasteiger partial charge in [0.25, 0.3) is 0 Å². The van der Waals surface area contributed by atoms with Gasteiger partial charge >= 0.3 is 0 Å². The summed E-state index contributed by atoms with van der Waals surface area (Å²) < 4.78 is 12.4. The molecule has 0 aliphatic heterocycles. The van der Waals surface area contributed by atoms with Gasteiger partial charge in [-0.2, -0.15) is 0 Å². The average molecular weight is 336 g/mol. The summed E-state index contributed by atoms with van der Waals surface area (Å²) in [5, 5.41) is 0. The van der Waals surface area contributed by atoms with E-state index >= 15 is 0 Å². The number of benzene rings is 2. The Labute approximate surface area is 127 Å². The van der Waals surface area contributed by atoms with Crippen molar-refractivity contribution in [3.63, 3.8) is 0 Å². The lowest BCUT2D eigenvalue weighted by Crippen LogP contribution is -2.06. The van der Waals surface area contributed by atoms with E-state index in [0.29, 0.717) is 13.2 Å². The Morgan fingerprint density at radius 1 is 1.15 bits per heavy atom. The van der Waals surface area contributed by atoms with Crippen molar-refractivity contribution >= 4 is 15.9 Å². The first-order chi connectivity index (χ1) is 9.74. The standard InChI is InChI=1S/C16H18BrNO2/c1-19-15-7-3-5-13(8-9-18)16(15)20-11-12-4-2-6-14(17)10-12/h2-7,10H,8-9,11,18H2,1H3. The molecule has 0 atom stereocenters. The number of halogens is 1. The van der Waals surface area contributed by atoms with E-state index in [4.69, 9.17) is 15.2 Å². The molecule has 0 aromatic heterocycles. The van der Waals surface area contributed by atoms with Crippen molar-refractivity contribution in [1.82, 2.24) is 0 Å². The Balaban J connectivity index is 2.19. The summed E-state index contributed by atoms with van der Waals surface area (Å²) in [5.41, 5.74) is 7.82. The van der Waals surface area contributed by atoms with Gasteiger partial charge in [-0.25, -0.2) is 0 Å². The smallest absolute Gasteiger partial charge is 0.164 e. The molecule has 0 unspecified atom stereocenters.